The molecule has 17 heavy (non-hydrogen) atoms. The molecule has 0 radical (unpaired) electrons. The van der Waals surface area contributed by atoms with E-state index in [9.17, 15) is 14.7 Å². The fourth-order valence-electron chi connectivity index (χ4n) is 1.72. The summed E-state index contributed by atoms with van der Waals surface area (Å²) in [6, 6.07) is 4.54. The number of halogens is 1. The van der Waals surface area contributed by atoms with Crippen molar-refractivity contribution in [3.63, 3.8) is 0 Å². The van der Waals surface area contributed by atoms with E-state index < -0.39 is 5.43 Å². The van der Waals surface area contributed by atoms with Crippen LogP contribution in [0.2, 0.25) is 0 Å². The minimum absolute atomic E-state index is 0.0177. The van der Waals surface area contributed by atoms with E-state index in [1.165, 1.54) is 6.07 Å². The number of hydrogen-bond acceptors (Lipinski definition) is 4. The highest BCUT2D eigenvalue weighted by Gasteiger charge is 2.19. The van der Waals surface area contributed by atoms with Crippen molar-refractivity contribution in [1.29, 1.82) is 0 Å². The van der Waals surface area contributed by atoms with Gasteiger partial charge in [-0.2, -0.15) is 0 Å². The summed E-state index contributed by atoms with van der Waals surface area (Å²) in [6.45, 7) is 1.56. The molecule has 0 saturated carbocycles. The first-order chi connectivity index (χ1) is 8.06. The third-order valence-corrected chi connectivity index (χ3v) is 2.98. The Morgan fingerprint density at radius 2 is 2.18 bits per heavy atom. The van der Waals surface area contributed by atoms with Crippen molar-refractivity contribution in [2.24, 2.45) is 0 Å². The molecule has 0 amide bonds. The molecule has 1 aromatic carbocycles. The molecular formula is C12H9BrO4. The van der Waals surface area contributed by atoms with Crippen molar-refractivity contribution in [3.8, 4) is 5.75 Å². The molecule has 0 saturated heterocycles. The number of ketones is 1. The van der Waals surface area contributed by atoms with Gasteiger partial charge in [0.15, 0.2) is 5.78 Å². The van der Waals surface area contributed by atoms with E-state index in [1.807, 2.05) is 0 Å². The monoisotopic (exact) mass is 296 g/mol. The highest BCUT2D eigenvalue weighted by atomic mass is 79.9. The molecule has 2 aromatic rings. The van der Waals surface area contributed by atoms with E-state index in [1.54, 1.807) is 19.1 Å². The van der Waals surface area contributed by atoms with Crippen molar-refractivity contribution in [3.05, 3.63) is 39.7 Å². The highest BCUT2D eigenvalue weighted by molar-refractivity contribution is 9.09. The molecule has 0 aliphatic carbocycles. The number of benzene rings is 1. The summed E-state index contributed by atoms with van der Waals surface area (Å²) in [7, 11) is 0. The molecule has 1 heterocycles. The first-order valence-electron chi connectivity index (χ1n) is 4.90. The number of fused-ring (bicyclic) bond motifs is 1. The van der Waals surface area contributed by atoms with Gasteiger partial charge in [0.25, 0.3) is 0 Å². The summed E-state index contributed by atoms with van der Waals surface area (Å²) in [4.78, 5) is 23.7. The van der Waals surface area contributed by atoms with Gasteiger partial charge >= 0.3 is 0 Å². The minimum atomic E-state index is -0.494. The van der Waals surface area contributed by atoms with Crippen LogP contribution in [0.4, 0.5) is 0 Å². The molecule has 4 nitrogen and oxygen atoms in total. The molecular weight excluding hydrogens is 288 g/mol. The first kappa shape index (κ1) is 11.9. The number of carbonyl (C=O) groups is 1. The van der Waals surface area contributed by atoms with Gasteiger partial charge in [-0.25, -0.2) is 0 Å². The van der Waals surface area contributed by atoms with Crippen LogP contribution >= 0.6 is 15.9 Å². The van der Waals surface area contributed by atoms with Crippen molar-refractivity contribution in [2.75, 3.05) is 5.33 Å². The zero-order chi connectivity index (χ0) is 12.6. The molecule has 0 fully saturated rings. The average Bonchev–Trinajstić information content (AvgIpc) is 2.28. The Labute approximate surface area is 105 Å². The minimum Gasteiger partial charge on any atom is -0.507 e. The van der Waals surface area contributed by atoms with E-state index in [0.717, 1.165) is 0 Å². The van der Waals surface area contributed by atoms with E-state index >= 15 is 0 Å². The van der Waals surface area contributed by atoms with Crippen LogP contribution in [0.1, 0.15) is 16.1 Å². The number of aromatic hydroxyl groups is 1. The topological polar surface area (TPSA) is 67.5 Å². The predicted molar refractivity (Wildman–Crippen MR) is 67.0 cm³/mol. The summed E-state index contributed by atoms with van der Waals surface area (Å²) >= 11 is 3.01. The number of aryl methyl sites for hydroxylation is 1. The van der Waals surface area contributed by atoms with Crippen LogP contribution in [-0.2, 0) is 0 Å². The van der Waals surface area contributed by atoms with Gasteiger partial charge in [-0.15, -0.1) is 0 Å². The molecule has 0 aliphatic heterocycles. The second-order valence-corrected chi connectivity index (χ2v) is 4.13. The van der Waals surface area contributed by atoms with Crippen molar-refractivity contribution >= 4 is 32.7 Å². The maximum atomic E-state index is 12.1. The van der Waals surface area contributed by atoms with Crippen LogP contribution in [-0.4, -0.2) is 16.2 Å². The second kappa shape index (κ2) is 4.33. The fraction of sp³-hybridized carbons (Fsp3) is 0.167. The Morgan fingerprint density at radius 3 is 2.82 bits per heavy atom. The van der Waals surface area contributed by atoms with Gasteiger partial charge in [-0.3, -0.25) is 9.59 Å². The van der Waals surface area contributed by atoms with Crippen molar-refractivity contribution in [1.82, 2.24) is 0 Å². The largest absolute Gasteiger partial charge is 0.507 e. The molecule has 0 spiro atoms. The van der Waals surface area contributed by atoms with Gasteiger partial charge in [0, 0.05) is 0 Å². The molecule has 1 aromatic heterocycles. The lowest BCUT2D eigenvalue weighted by Gasteiger charge is -2.05. The van der Waals surface area contributed by atoms with Gasteiger partial charge in [0.2, 0.25) is 5.43 Å². The third-order valence-electron chi connectivity index (χ3n) is 2.47. The van der Waals surface area contributed by atoms with Gasteiger partial charge in [0.05, 0.1) is 5.33 Å². The van der Waals surface area contributed by atoms with E-state index in [4.69, 9.17) is 4.42 Å². The number of Topliss-reactive ketones (excluding diaryl/α,β-unsaturated/α-hetero) is 1. The summed E-state index contributed by atoms with van der Waals surface area (Å²) in [5.74, 6) is -0.279. The summed E-state index contributed by atoms with van der Waals surface area (Å²) in [5, 5.41) is 9.72. The average molecular weight is 297 g/mol. The fourth-order valence-corrected chi connectivity index (χ4v) is 2.00. The maximum absolute atomic E-state index is 12.1. The summed E-state index contributed by atoms with van der Waals surface area (Å²) < 4.78 is 5.38. The van der Waals surface area contributed by atoms with Crippen LogP contribution in [0.15, 0.2) is 27.4 Å². The Bertz CT molecular complexity index is 657. The number of carbonyl (C=O) groups excluding carboxylic acids is 1. The quantitative estimate of drug-likeness (QED) is 0.682. The van der Waals surface area contributed by atoms with Gasteiger partial charge in [0.1, 0.15) is 28.0 Å². The van der Waals surface area contributed by atoms with Crippen LogP contribution < -0.4 is 5.43 Å². The number of phenolic OH excluding ortho intramolecular Hbond substituents is 1. The van der Waals surface area contributed by atoms with Gasteiger partial charge < -0.3 is 9.52 Å². The Morgan fingerprint density at radius 1 is 1.47 bits per heavy atom. The normalized spacial score (nSPS) is 10.7. The number of phenols is 1. The molecule has 0 bridgehead atoms. The first-order valence-corrected chi connectivity index (χ1v) is 6.03. The second-order valence-electron chi connectivity index (χ2n) is 3.57. The third kappa shape index (κ3) is 1.86. The Balaban J connectivity index is 2.93. The molecule has 5 heteroatoms. The number of alkyl halides is 1. The Kier molecular flexibility index (Phi) is 3.02. The Hall–Kier alpha value is -1.62. The van der Waals surface area contributed by atoms with Crippen LogP contribution in [0.3, 0.4) is 0 Å². The van der Waals surface area contributed by atoms with E-state index in [0.29, 0.717) is 0 Å². The van der Waals surface area contributed by atoms with Crippen LogP contribution in [0.25, 0.3) is 11.0 Å². The standard InChI is InChI=1S/C12H9BrO4/c1-6-10(8(15)5-13)12(16)11-7(14)3-2-4-9(11)17-6/h2-4,14H,5H2,1H3. The maximum Gasteiger partial charge on any atom is 0.207 e. The summed E-state index contributed by atoms with van der Waals surface area (Å²) in [6.07, 6.45) is 0. The number of hydrogen-bond donors (Lipinski definition) is 1. The zero-order valence-corrected chi connectivity index (χ0v) is 10.6. The van der Waals surface area contributed by atoms with E-state index in [-0.39, 0.29) is 39.2 Å². The predicted octanol–water partition coefficient (Wildman–Crippen LogP) is 2.38. The lowest BCUT2D eigenvalue weighted by molar-refractivity contribution is 0.102. The molecule has 2 rings (SSSR count). The molecule has 0 unspecified atom stereocenters. The molecule has 0 aliphatic rings. The molecule has 1 N–H and O–H groups in total. The lowest BCUT2D eigenvalue weighted by Crippen LogP contribution is -2.18. The van der Waals surface area contributed by atoms with Crippen molar-refractivity contribution in [2.45, 2.75) is 6.92 Å². The van der Waals surface area contributed by atoms with Crippen molar-refractivity contribution < 1.29 is 14.3 Å². The van der Waals surface area contributed by atoms with Gasteiger partial charge in [-0.05, 0) is 19.1 Å². The molecule has 0 atom stereocenters. The SMILES string of the molecule is Cc1oc2cccc(O)c2c(=O)c1C(=O)CBr. The highest BCUT2D eigenvalue weighted by Crippen LogP contribution is 2.23. The zero-order valence-electron chi connectivity index (χ0n) is 8.99. The van der Waals surface area contributed by atoms with Gasteiger partial charge in [-0.1, -0.05) is 22.0 Å². The lowest BCUT2D eigenvalue weighted by atomic mass is 10.1. The smallest absolute Gasteiger partial charge is 0.207 e. The number of rotatable bonds is 2. The van der Waals surface area contributed by atoms with Crippen LogP contribution in [0.5, 0.6) is 5.75 Å². The molecule has 88 valence electrons. The summed E-state index contributed by atoms with van der Waals surface area (Å²) in [5.41, 5.74) is -0.235. The van der Waals surface area contributed by atoms with E-state index in [2.05, 4.69) is 15.9 Å². The van der Waals surface area contributed by atoms with Crippen LogP contribution in [0, 0.1) is 6.92 Å².